The Balaban J connectivity index is 0.00000146. The van der Waals surface area contributed by atoms with E-state index in [4.69, 9.17) is 5.10 Å². The standard InChI is InChI=1S/C18H22N4O.ClH/c1-2-22-16-9-19-8-13-17(16)15(20-22)7-12(18(13)23)14-10-21-5-3-11(14)4-6-21;/h8-9,11-12,14H,2-7,10H2,1H3;1H/t12-,14?;/m0./s1. The normalized spacial score (nSPS) is 31.3. The third-order valence-corrected chi connectivity index (χ3v) is 6.27. The minimum atomic E-state index is 0. The van der Waals surface area contributed by atoms with Crippen molar-refractivity contribution in [1.29, 1.82) is 0 Å². The van der Waals surface area contributed by atoms with Crippen molar-refractivity contribution in [3.8, 4) is 0 Å². The first kappa shape index (κ1) is 16.0. The number of carbonyl (C=O) groups is 1. The molecular formula is C18H23ClN4O. The predicted octanol–water partition coefficient (Wildman–Crippen LogP) is 2.57. The third-order valence-electron chi connectivity index (χ3n) is 6.27. The number of aryl methyl sites for hydroxylation is 1. The number of hydrogen-bond acceptors (Lipinski definition) is 4. The predicted molar refractivity (Wildman–Crippen MR) is 94.6 cm³/mol. The van der Waals surface area contributed by atoms with Gasteiger partial charge in [-0.3, -0.25) is 14.5 Å². The van der Waals surface area contributed by atoms with E-state index in [1.807, 2.05) is 10.9 Å². The summed E-state index contributed by atoms with van der Waals surface area (Å²) < 4.78 is 1.99. The van der Waals surface area contributed by atoms with Crippen molar-refractivity contribution in [1.82, 2.24) is 19.7 Å². The molecule has 2 bridgehead atoms. The number of carbonyl (C=O) groups excluding carboxylic acids is 1. The van der Waals surface area contributed by atoms with Crippen molar-refractivity contribution in [3.63, 3.8) is 0 Å². The second-order valence-corrected chi connectivity index (χ2v) is 7.32. The van der Waals surface area contributed by atoms with Crippen molar-refractivity contribution in [3.05, 3.63) is 23.7 Å². The summed E-state index contributed by atoms with van der Waals surface area (Å²) in [5.74, 6) is 1.63. The van der Waals surface area contributed by atoms with Crippen LogP contribution in [0.15, 0.2) is 12.4 Å². The lowest BCUT2D eigenvalue weighted by atomic mass is 9.67. The van der Waals surface area contributed by atoms with Gasteiger partial charge in [-0.15, -0.1) is 12.4 Å². The molecule has 3 aliphatic heterocycles. The molecule has 6 heteroatoms. The SMILES string of the molecule is CCn1nc2c3c(cncc31)C(=O)[C@H](C1CN3CCC1CC3)C2.Cl. The molecule has 0 N–H and O–H groups in total. The molecule has 6 rings (SSSR count). The van der Waals surface area contributed by atoms with Gasteiger partial charge in [-0.25, -0.2) is 0 Å². The molecule has 1 aliphatic carbocycles. The highest BCUT2D eigenvalue weighted by Gasteiger charge is 2.44. The molecule has 5 heterocycles. The Labute approximate surface area is 147 Å². The quantitative estimate of drug-likeness (QED) is 0.838. The van der Waals surface area contributed by atoms with Crippen molar-refractivity contribution in [2.45, 2.75) is 32.7 Å². The smallest absolute Gasteiger partial charge is 0.168 e. The van der Waals surface area contributed by atoms with Gasteiger partial charge in [0.05, 0.1) is 17.4 Å². The van der Waals surface area contributed by atoms with Gasteiger partial charge in [0.2, 0.25) is 0 Å². The number of pyridine rings is 1. The number of piperidine rings is 3. The van der Waals surface area contributed by atoms with E-state index in [0.29, 0.717) is 11.7 Å². The molecule has 4 aliphatic rings. The van der Waals surface area contributed by atoms with E-state index in [-0.39, 0.29) is 18.3 Å². The van der Waals surface area contributed by atoms with Gasteiger partial charge in [-0.2, -0.15) is 5.10 Å². The second kappa shape index (κ2) is 5.81. The van der Waals surface area contributed by atoms with E-state index in [1.165, 1.54) is 25.9 Å². The first-order valence-electron chi connectivity index (χ1n) is 8.86. The average molecular weight is 347 g/mol. The van der Waals surface area contributed by atoms with Crippen LogP contribution >= 0.6 is 12.4 Å². The van der Waals surface area contributed by atoms with Crippen LogP contribution < -0.4 is 0 Å². The summed E-state index contributed by atoms with van der Waals surface area (Å²) in [7, 11) is 0. The molecule has 0 amide bonds. The van der Waals surface area contributed by atoms with Crippen molar-refractivity contribution in [2.24, 2.45) is 17.8 Å². The summed E-state index contributed by atoms with van der Waals surface area (Å²) in [5.41, 5.74) is 2.94. The summed E-state index contributed by atoms with van der Waals surface area (Å²) in [6.07, 6.45) is 6.94. The lowest BCUT2D eigenvalue weighted by molar-refractivity contribution is 0.0192. The maximum absolute atomic E-state index is 13.2. The highest BCUT2D eigenvalue weighted by molar-refractivity contribution is 6.11. The Morgan fingerprint density at radius 1 is 1.25 bits per heavy atom. The minimum absolute atomic E-state index is 0. The van der Waals surface area contributed by atoms with Crippen LogP contribution in [0.25, 0.3) is 10.9 Å². The molecule has 2 aromatic heterocycles. The fourth-order valence-electron chi connectivity index (χ4n) is 5.08. The van der Waals surface area contributed by atoms with Crippen LogP contribution in [-0.2, 0) is 13.0 Å². The van der Waals surface area contributed by atoms with Gasteiger partial charge in [0.25, 0.3) is 0 Å². The molecule has 3 saturated heterocycles. The van der Waals surface area contributed by atoms with Crippen LogP contribution in [0.2, 0.25) is 0 Å². The highest BCUT2D eigenvalue weighted by atomic mass is 35.5. The lowest BCUT2D eigenvalue weighted by Crippen LogP contribution is -2.51. The molecule has 2 aromatic rings. The second-order valence-electron chi connectivity index (χ2n) is 7.32. The van der Waals surface area contributed by atoms with Gasteiger partial charge in [0.1, 0.15) is 0 Å². The van der Waals surface area contributed by atoms with Crippen LogP contribution in [0.5, 0.6) is 0 Å². The summed E-state index contributed by atoms with van der Waals surface area (Å²) >= 11 is 0. The van der Waals surface area contributed by atoms with E-state index >= 15 is 0 Å². The number of rotatable bonds is 2. The number of ketones is 1. The zero-order valence-corrected chi connectivity index (χ0v) is 14.8. The number of nitrogens with zero attached hydrogens (tertiary/aromatic N) is 4. The van der Waals surface area contributed by atoms with E-state index in [9.17, 15) is 4.79 Å². The van der Waals surface area contributed by atoms with E-state index in [0.717, 1.165) is 47.6 Å². The highest BCUT2D eigenvalue weighted by Crippen LogP contribution is 2.42. The minimum Gasteiger partial charge on any atom is -0.303 e. The summed E-state index contributed by atoms with van der Waals surface area (Å²) in [5, 5.41) is 5.85. The van der Waals surface area contributed by atoms with Crippen molar-refractivity contribution in [2.75, 3.05) is 19.6 Å². The Morgan fingerprint density at radius 2 is 2.04 bits per heavy atom. The topological polar surface area (TPSA) is 51.0 Å². The van der Waals surface area contributed by atoms with Crippen LogP contribution in [0.3, 0.4) is 0 Å². The lowest BCUT2D eigenvalue weighted by Gasteiger charge is -2.47. The Morgan fingerprint density at radius 3 is 2.71 bits per heavy atom. The molecule has 2 atom stereocenters. The summed E-state index contributed by atoms with van der Waals surface area (Å²) in [6.45, 7) is 6.44. The first-order chi connectivity index (χ1) is 11.3. The number of halogens is 1. The van der Waals surface area contributed by atoms with E-state index in [2.05, 4.69) is 16.8 Å². The molecule has 0 aromatic carbocycles. The largest absolute Gasteiger partial charge is 0.303 e. The Kier molecular flexibility index (Phi) is 3.88. The van der Waals surface area contributed by atoms with Gasteiger partial charge < -0.3 is 4.90 Å². The zero-order chi connectivity index (χ0) is 15.6. The van der Waals surface area contributed by atoms with Gasteiger partial charge in [-0.05, 0) is 44.7 Å². The molecule has 0 radical (unpaired) electrons. The molecule has 0 saturated carbocycles. The first-order valence-corrected chi connectivity index (χ1v) is 8.86. The van der Waals surface area contributed by atoms with Crippen LogP contribution in [0.1, 0.15) is 35.8 Å². The zero-order valence-electron chi connectivity index (χ0n) is 13.9. The van der Waals surface area contributed by atoms with E-state index in [1.54, 1.807) is 6.20 Å². The maximum Gasteiger partial charge on any atom is 0.168 e. The van der Waals surface area contributed by atoms with Gasteiger partial charge in [-0.1, -0.05) is 0 Å². The monoisotopic (exact) mass is 346 g/mol. The van der Waals surface area contributed by atoms with E-state index < -0.39 is 0 Å². The molecule has 0 spiro atoms. The van der Waals surface area contributed by atoms with Crippen LogP contribution in [0, 0.1) is 17.8 Å². The Hall–Kier alpha value is -1.46. The molecule has 3 fully saturated rings. The fraction of sp³-hybridized carbons (Fsp3) is 0.611. The average Bonchev–Trinajstić information content (AvgIpc) is 2.98. The van der Waals surface area contributed by atoms with Gasteiger partial charge >= 0.3 is 0 Å². The maximum atomic E-state index is 13.2. The summed E-state index contributed by atoms with van der Waals surface area (Å²) in [4.78, 5) is 20.0. The van der Waals surface area contributed by atoms with Crippen molar-refractivity contribution >= 4 is 29.1 Å². The Bertz CT molecular complexity index is 794. The number of Topliss-reactive ketones (excluding diaryl/α,β-unsaturated/α-hetero) is 1. The number of hydrogen-bond donors (Lipinski definition) is 0. The number of fused-ring (bicyclic) bond motifs is 3. The molecule has 5 nitrogen and oxygen atoms in total. The van der Waals surface area contributed by atoms with Crippen molar-refractivity contribution < 1.29 is 4.79 Å². The van der Waals surface area contributed by atoms with Gasteiger partial charge in [0.15, 0.2) is 5.78 Å². The molecular weight excluding hydrogens is 324 g/mol. The molecule has 24 heavy (non-hydrogen) atoms. The third kappa shape index (κ3) is 2.14. The fourth-order valence-corrected chi connectivity index (χ4v) is 5.08. The number of aromatic nitrogens is 3. The van der Waals surface area contributed by atoms with Crippen LogP contribution in [-0.4, -0.2) is 45.1 Å². The summed E-state index contributed by atoms with van der Waals surface area (Å²) in [6, 6.07) is 0. The van der Waals surface area contributed by atoms with Gasteiger partial charge in [0, 0.05) is 42.6 Å². The molecule has 1 unspecified atom stereocenters. The molecule has 128 valence electrons. The van der Waals surface area contributed by atoms with Crippen LogP contribution in [0.4, 0.5) is 0 Å².